The smallest absolute Gasteiger partial charge is 0.0402 e. The topological polar surface area (TPSA) is 60.7 Å². The Kier molecular flexibility index (Phi) is 17.9. The second-order valence-corrected chi connectivity index (χ2v) is 6.62. The summed E-state index contributed by atoms with van der Waals surface area (Å²) in [6, 6.07) is 0. The van der Waals surface area contributed by atoms with Crippen molar-refractivity contribution in [2.75, 3.05) is 19.8 Å². The van der Waals surface area contributed by atoms with Crippen molar-refractivity contribution in [3.8, 4) is 0 Å². The molecule has 0 aromatic heterocycles. The maximum Gasteiger partial charge on any atom is 0.0402 e. The second-order valence-electron chi connectivity index (χ2n) is 4.82. The fourth-order valence-corrected chi connectivity index (χ4v) is 2.94. The Balaban J connectivity index is -0.000000268. The van der Waals surface area contributed by atoms with Crippen LogP contribution in [0.4, 0.5) is 0 Å². The third-order valence-corrected chi connectivity index (χ3v) is 6.66. The van der Waals surface area contributed by atoms with Crippen LogP contribution < -0.4 is 0 Å². The van der Waals surface area contributed by atoms with Gasteiger partial charge in [0.2, 0.25) is 0 Å². The Morgan fingerprint density at radius 2 is 1.05 bits per heavy atom. The third kappa shape index (κ3) is 9.22. The minimum absolute atomic E-state index is 0.250. The molecule has 0 spiro atoms. The van der Waals surface area contributed by atoms with Crippen LogP contribution >= 0.6 is 0 Å². The molecule has 20 heavy (non-hydrogen) atoms. The van der Waals surface area contributed by atoms with Crippen molar-refractivity contribution in [1.29, 1.82) is 0 Å². The molecule has 0 fully saturated rings. The van der Waals surface area contributed by atoms with Gasteiger partial charge in [-0.15, -0.1) is 0 Å². The number of aliphatic hydroxyl groups excluding tert-OH is 3. The second kappa shape index (κ2) is 14.2. The molecular formula is C16H33HfO3. The summed E-state index contributed by atoms with van der Waals surface area (Å²) in [4.78, 5) is 0. The first-order valence-electron chi connectivity index (χ1n) is 7.07. The summed E-state index contributed by atoms with van der Waals surface area (Å²) < 4.78 is 1.67. The predicted molar refractivity (Wildman–Crippen MR) is 83.1 cm³/mol. The number of allylic oxidation sites excluding steroid dienone is 4. The van der Waals surface area contributed by atoms with E-state index in [4.69, 9.17) is 15.3 Å². The molecule has 0 saturated heterocycles. The quantitative estimate of drug-likeness (QED) is 0.496. The zero-order chi connectivity index (χ0) is 16.9. The Labute approximate surface area is 140 Å². The van der Waals surface area contributed by atoms with Crippen LogP contribution in [-0.4, -0.2) is 35.1 Å². The van der Waals surface area contributed by atoms with E-state index in [-0.39, 0.29) is 19.8 Å². The van der Waals surface area contributed by atoms with Crippen LogP contribution in [0, 0.1) is 5.41 Å². The van der Waals surface area contributed by atoms with Crippen LogP contribution in [-0.2, 0) is 24.4 Å². The molecule has 0 unspecified atom stereocenters. The van der Waals surface area contributed by atoms with Crippen LogP contribution in [0.25, 0.3) is 0 Å². The van der Waals surface area contributed by atoms with Crippen LogP contribution in [0.2, 0.25) is 0 Å². The maximum atomic E-state index is 7.57. The molecule has 0 amide bonds. The fraction of sp³-hybridized carbons (Fsp3) is 0.750. The average Bonchev–Trinajstić information content (AvgIpc) is 2.48. The minimum Gasteiger partial charge on any atom is -0.397 e. The van der Waals surface area contributed by atoms with E-state index in [0.717, 1.165) is 0 Å². The molecule has 0 aliphatic heterocycles. The van der Waals surface area contributed by atoms with Gasteiger partial charge in [0.15, 0.2) is 0 Å². The first-order chi connectivity index (χ1) is 9.13. The molecule has 3 nitrogen and oxygen atoms in total. The van der Waals surface area contributed by atoms with Crippen molar-refractivity contribution in [3.05, 3.63) is 20.0 Å². The van der Waals surface area contributed by atoms with Gasteiger partial charge in [0, 0.05) is 19.8 Å². The summed E-state index contributed by atoms with van der Waals surface area (Å²) in [6.45, 7) is 17.2. The molecule has 0 radical (unpaired) electrons. The summed E-state index contributed by atoms with van der Waals surface area (Å²) in [5.74, 6) is 0. The van der Waals surface area contributed by atoms with Crippen molar-refractivity contribution in [2.45, 2.75) is 55.4 Å². The third-order valence-electron chi connectivity index (χ3n) is 3.06. The van der Waals surface area contributed by atoms with Crippen LogP contribution in [0.1, 0.15) is 55.4 Å². The molecule has 119 valence electrons. The van der Waals surface area contributed by atoms with Crippen molar-refractivity contribution < 1.29 is 39.7 Å². The van der Waals surface area contributed by atoms with Gasteiger partial charge in [-0.1, -0.05) is 0 Å². The SMILES string of the molecule is CC1=C(C)C(C)(C)[C]([Hf])=C1C.CCO.CCO.CCO. The first-order valence-corrected chi connectivity index (χ1v) is 8.87. The van der Waals surface area contributed by atoms with E-state index in [9.17, 15) is 0 Å². The van der Waals surface area contributed by atoms with Crippen LogP contribution in [0.3, 0.4) is 0 Å². The Hall–Kier alpha value is 0.230. The van der Waals surface area contributed by atoms with Gasteiger partial charge in [-0.25, -0.2) is 0 Å². The molecule has 1 rings (SSSR count). The standard InChI is InChI=1S/C10H15.3C2H6O.Hf/c1-7-6-10(4,5)9(3)8(7)2;3*1-2-3;/h1-5H3;3*3H,2H2,1H3;. The Morgan fingerprint density at radius 3 is 1.10 bits per heavy atom. The number of hydrogen-bond donors (Lipinski definition) is 3. The van der Waals surface area contributed by atoms with Gasteiger partial charge in [0.1, 0.15) is 0 Å². The van der Waals surface area contributed by atoms with E-state index in [0.29, 0.717) is 5.41 Å². The van der Waals surface area contributed by atoms with Gasteiger partial charge in [-0.05, 0) is 20.8 Å². The molecule has 0 saturated carbocycles. The van der Waals surface area contributed by atoms with Crippen molar-refractivity contribution >= 4 is 0 Å². The van der Waals surface area contributed by atoms with Gasteiger partial charge < -0.3 is 15.3 Å². The van der Waals surface area contributed by atoms with E-state index >= 15 is 0 Å². The van der Waals surface area contributed by atoms with Crippen LogP contribution in [0.15, 0.2) is 20.0 Å². The van der Waals surface area contributed by atoms with E-state index in [1.54, 1.807) is 35.2 Å². The van der Waals surface area contributed by atoms with Gasteiger partial charge in [0.05, 0.1) is 0 Å². The summed E-state index contributed by atoms with van der Waals surface area (Å²) in [5.41, 5.74) is 5.03. The zero-order valence-corrected chi connectivity index (χ0v) is 18.1. The maximum absolute atomic E-state index is 7.57. The summed E-state index contributed by atoms with van der Waals surface area (Å²) in [7, 11) is 0. The van der Waals surface area contributed by atoms with Crippen LogP contribution in [0.5, 0.6) is 0 Å². The Bertz CT molecular complexity index is 274. The molecule has 0 aromatic rings. The molecule has 1 aliphatic carbocycles. The molecule has 3 N–H and O–H groups in total. The van der Waals surface area contributed by atoms with E-state index in [1.165, 1.54) is 29.9 Å². The summed E-state index contributed by atoms with van der Waals surface area (Å²) in [6.07, 6.45) is 0. The number of aliphatic hydroxyl groups is 3. The molecule has 1 aliphatic rings. The van der Waals surface area contributed by atoms with E-state index < -0.39 is 0 Å². The molecule has 0 bridgehead atoms. The van der Waals surface area contributed by atoms with Crippen molar-refractivity contribution in [2.24, 2.45) is 5.41 Å². The summed E-state index contributed by atoms with van der Waals surface area (Å²) in [5, 5.41) is 22.7. The van der Waals surface area contributed by atoms with Gasteiger partial charge in [-0.2, -0.15) is 0 Å². The normalized spacial score (nSPS) is 15.5. The predicted octanol–water partition coefficient (Wildman–Crippen LogP) is 3.18. The number of hydrogen-bond acceptors (Lipinski definition) is 3. The Morgan fingerprint density at radius 1 is 0.800 bits per heavy atom. The summed E-state index contributed by atoms with van der Waals surface area (Å²) >= 11 is 1.21. The molecule has 0 atom stereocenters. The average molecular weight is 452 g/mol. The van der Waals surface area contributed by atoms with Gasteiger partial charge in [0.25, 0.3) is 0 Å². The molecular weight excluding hydrogens is 419 g/mol. The largest absolute Gasteiger partial charge is 0.397 e. The monoisotopic (exact) mass is 453 g/mol. The van der Waals surface area contributed by atoms with E-state index in [2.05, 4.69) is 34.6 Å². The van der Waals surface area contributed by atoms with Crippen molar-refractivity contribution in [3.63, 3.8) is 0 Å². The van der Waals surface area contributed by atoms with Gasteiger partial charge >= 0.3 is 84.5 Å². The molecule has 0 heterocycles. The first kappa shape index (κ1) is 25.2. The molecule has 0 aromatic carbocycles. The fourth-order valence-electron chi connectivity index (χ4n) is 1.59. The minimum atomic E-state index is 0.250. The van der Waals surface area contributed by atoms with Gasteiger partial charge in [-0.3, -0.25) is 0 Å². The van der Waals surface area contributed by atoms with Crippen molar-refractivity contribution in [1.82, 2.24) is 0 Å². The molecule has 4 heteroatoms. The van der Waals surface area contributed by atoms with E-state index in [1.807, 2.05) is 0 Å². The number of rotatable bonds is 0. The zero-order valence-electron chi connectivity index (χ0n) is 14.5.